The molecule has 3 aromatic heterocycles. The van der Waals surface area contributed by atoms with Crippen LogP contribution in [0.1, 0.15) is 16.8 Å². The smallest absolute Gasteiger partial charge is 0.263 e. The average Bonchev–Trinajstić information content (AvgIpc) is 3.48. The van der Waals surface area contributed by atoms with Crippen LogP contribution in [0.3, 0.4) is 0 Å². The van der Waals surface area contributed by atoms with Gasteiger partial charge in [0.2, 0.25) is 0 Å². The molecule has 2 aromatic carbocycles. The van der Waals surface area contributed by atoms with Gasteiger partial charge in [-0.05, 0) is 62.2 Å². The second kappa shape index (κ2) is 9.49. The van der Waals surface area contributed by atoms with Crippen LogP contribution in [0.2, 0.25) is 0 Å². The first kappa shape index (κ1) is 23.0. The largest absolute Gasteiger partial charge is 0.497 e. The topological polar surface area (TPSA) is 109 Å². The molecular formula is C26H25N7O3. The number of nitrogens with one attached hydrogen (secondary N) is 1. The first-order valence-corrected chi connectivity index (χ1v) is 11.3. The lowest BCUT2D eigenvalue weighted by molar-refractivity contribution is -0.118. The van der Waals surface area contributed by atoms with Crippen molar-refractivity contribution in [2.24, 2.45) is 0 Å². The van der Waals surface area contributed by atoms with Crippen LogP contribution in [0, 0.1) is 20.8 Å². The number of nitrogens with zero attached hydrogens (tertiary/aromatic N) is 6. The van der Waals surface area contributed by atoms with Crippen LogP contribution in [-0.2, 0) is 4.79 Å². The summed E-state index contributed by atoms with van der Waals surface area (Å²) in [6.07, 6.45) is 3.18. The Kier molecular flexibility index (Phi) is 6.07. The number of amides is 1. The van der Waals surface area contributed by atoms with E-state index in [0.717, 1.165) is 22.5 Å². The van der Waals surface area contributed by atoms with E-state index in [1.165, 1.54) is 6.33 Å². The van der Waals surface area contributed by atoms with Crippen LogP contribution in [0.15, 0.2) is 61.1 Å². The highest BCUT2D eigenvalue weighted by Gasteiger charge is 2.18. The van der Waals surface area contributed by atoms with Crippen LogP contribution >= 0.6 is 0 Å². The van der Waals surface area contributed by atoms with E-state index in [1.807, 2.05) is 19.1 Å². The molecule has 0 aliphatic carbocycles. The van der Waals surface area contributed by atoms with Gasteiger partial charge in [-0.1, -0.05) is 12.1 Å². The lowest BCUT2D eigenvalue weighted by atomic mass is 10.1. The number of benzene rings is 2. The fraction of sp³-hybridized carbons (Fsp3) is 0.192. The van der Waals surface area contributed by atoms with E-state index in [1.54, 1.807) is 53.0 Å². The molecule has 182 valence electrons. The number of hydrogen-bond donors (Lipinski definition) is 1. The van der Waals surface area contributed by atoms with E-state index in [-0.39, 0.29) is 12.5 Å². The standard InChI is InChI=1S/C26H25N7O3/c1-16-6-5-7-22(18(16)3)32-25-21(13-29-32)26(28-15-27-25)33-23(12-17(2)31-33)30-24(34)14-36-20-10-8-19(35-4)9-11-20/h5-13,15H,14H2,1-4H3,(H,30,34). The predicted molar refractivity (Wildman–Crippen MR) is 135 cm³/mol. The summed E-state index contributed by atoms with van der Waals surface area (Å²) in [5.74, 6) is 1.92. The van der Waals surface area contributed by atoms with Crippen molar-refractivity contribution in [3.8, 4) is 23.0 Å². The maximum Gasteiger partial charge on any atom is 0.263 e. The molecule has 0 spiro atoms. The molecule has 0 aliphatic heterocycles. The van der Waals surface area contributed by atoms with Crippen molar-refractivity contribution in [1.29, 1.82) is 0 Å². The van der Waals surface area contributed by atoms with Crippen LogP contribution in [-0.4, -0.2) is 49.2 Å². The fourth-order valence-corrected chi connectivity index (χ4v) is 3.89. The molecule has 0 saturated carbocycles. The minimum atomic E-state index is -0.330. The van der Waals surface area contributed by atoms with Gasteiger partial charge < -0.3 is 14.8 Å². The summed E-state index contributed by atoms with van der Waals surface area (Å²) in [6.45, 7) is 5.79. The zero-order chi connectivity index (χ0) is 25.2. The fourth-order valence-electron chi connectivity index (χ4n) is 3.89. The Morgan fingerprint density at radius 2 is 1.78 bits per heavy atom. The highest BCUT2D eigenvalue weighted by atomic mass is 16.5. The average molecular weight is 484 g/mol. The Morgan fingerprint density at radius 1 is 1.00 bits per heavy atom. The molecule has 0 bridgehead atoms. The van der Waals surface area contributed by atoms with E-state index < -0.39 is 0 Å². The number of carbonyl (C=O) groups excluding carboxylic acids is 1. The van der Waals surface area contributed by atoms with Crippen molar-refractivity contribution in [2.45, 2.75) is 20.8 Å². The maximum absolute atomic E-state index is 12.7. The molecule has 36 heavy (non-hydrogen) atoms. The quantitative estimate of drug-likeness (QED) is 0.373. The molecule has 1 amide bonds. The summed E-state index contributed by atoms with van der Waals surface area (Å²) in [6, 6.07) is 14.8. The minimum Gasteiger partial charge on any atom is -0.497 e. The summed E-state index contributed by atoms with van der Waals surface area (Å²) in [7, 11) is 1.59. The predicted octanol–water partition coefficient (Wildman–Crippen LogP) is 3.95. The number of methoxy groups -OCH3 is 1. The molecular weight excluding hydrogens is 458 g/mol. The third-order valence-corrected chi connectivity index (χ3v) is 5.88. The molecule has 10 nitrogen and oxygen atoms in total. The summed E-state index contributed by atoms with van der Waals surface area (Å²) in [5, 5.41) is 12.7. The van der Waals surface area contributed by atoms with Gasteiger partial charge >= 0.3 is 0 Å². The molecule has 3 heterocycles. The second-order valence-electron chi connectivity index (χ2n) is 8.31. The first-order chi connectivity index (χ1) is 17.4. The lowest BCUT2D eigenvalue weighted by Gasteiger charge is -2.11. The van der Waals surface area contributed by atoms with E-state index in [4.69, 9.17) is 9.47 Å². The molecule has 5 rings (SSSR count). The third kappa shape index (κ3) is 4.36. The van der Waals surface area contributed by atoms with Gasteiger partial charge in [-0.15, -0.1) is 0 Å². The number of aryl methyl sites for hydroxylation is 2. The second-order valence-corrected chi connectivity index (χ2v) is 8.31. The Labute approximate surface area is 207 Å². The lowest BCUT2D eigenvalue weighted by Crippen LogP contribution is -2.22. The van der Waals surface area contributed by atoms with Crippen molar-refractivity contribution < 1.29 is 14.3 Å². The normalized spacial score (nSPS) is 11.0. The summed E-state index contributed by atoms with van der Waals surface area (Å²) in [5.41, 5.74) is 4.57. The maximum atomic E-state index is 12.7. The van der Waals surface area contributed by atoms with Crippen molar-refractivity contribution in [3.05, 3.63) is 77.9 Å². The Hall–Kier alpha value is -4.73. The van der Waals surface area contributed by atoms with Gasteiger partial charge in [0.25, 0.3) is 5.91 Å². The number of carbonyl (C=O) groups is 1. The van der Waals surface area contributed by atoms with Gasteiger partial charge in [-0.3, -0.25) is 4.79 Å². The third-order valence-electron chi connectivity index (χ3n) is 5.88. The number of ether oxygens (including phenoxy) is 2. The van der Waals surface area contributed by atoms with Crippen LogP contribution in [0.5, 0.6) is 11.5 Å². The summed E-state index contributed by atoms with van der Waals surface area (Å²) < 4.78 is 14.1. The zero-order valence-corrected chi connectivity index (χ0v) is 20.4. The number of fused-ring (bicyclic) bond motifs is 1. The van der Waals surface area contributed by atoms with Gasteiger partial charge in [0.05, 0.1) is 30.1 Å². The SMILES string of the molecule is COc1ccc(OCC(=O)Nc2cc(C)nn2-c2ncnc3c2cnn3-c2cccc(C)c2C)cc1. The Morgan fingerprint density at radius 3 is 2.56 bits per heavy atom. The van der Waals surface area contributed by atoms with Gasteiger partial charge in [0.15, 0.2) is 18.1 Å². The van der Waals surface area contributed by atoms with Crippen LogP contribution < -0.4 is 14.8 Å². The number of hydrogen-bond acceptors (Lipinski definition) is 7. The monoisotopic (exact) mass is 483 g/mol. The van der Waals surface area contributed by atoms with Crippen molar-refractivity contribution in [3.63, 3.8) is 0 Å². The molecule has 0 fully saturated rings. The van der Waals surface area contributed by atoms with E-state index in [9.17, 15) is 4.79 Å². The minimum absolute atomic E-state index is 0.166. The van der Waals surface area contributed by atoms with Crippen LogP contribution in [0.4, 0.5) is 5.82 Å². The Balaban J connectivity index is 1.42. The highest BCUT2D eigenvalue weighted by molar-refractivity contribution is 5.92. The van der Waals surface area contributed by atoms with E-state index in [0.29, 0.717) is 34.2 Å². The molecule has 0 radical (unpaired) electrons. The van der Waals surface area contributed by atoms with E-state index >= 15 is 0 Å². The Bertz CT molecular complexity index is 1550. The van der Waals surface area contributed by atoms with E-state index in [2.05, 4.69) is 45.4 Å². The molecule has 5 aromatic rings. The zero-order valence-electron chi connectivity index (χ0n) is 20.4. The van der Waals surface area contributed by atoms with Gasteiger partial charge in [0, 0.05) is 6.07 Å². The van der Waals surface area contributed by atoms with Crippen molar-refractivity contribution in [2.75, 3.05) is 19.0 Å². The molecule has 0 saturated heterocycles. The molecule has 1 N–H and O–H groups in total. The molecule has 10 heteroatoms. The number of rotatable bonds is 7. The van der Waals surface area contributed by atoms with Gasteiger partial charge in [-0.2, -0.15) is 14.9 Å². The number of anilines is 1. The highest BCUT2D eigenvalue weighted by Crippen LogP contribution is 2.26. The summed E-state index contributed by atoms with van der Waals surface area (Å²) in [4.78, 5) is 21.6. The van der Waals surface area contributed by atoms with Gasteiger partial charge in [0.1, 0.15) is 23.6 Å². The summed E-state index contributed by atoms with van der Waals surface area (Å²) >= 11 is 0. The molecule has 0 atom stereocenters. The number of aromatic nitrogens is 6. The first-order valence-electron chi connectivity index (χ1n) is 11.3. The van der Waals surface area contributed by atoms with Gasteiger partial charge in [-0.25, -0.2) is 14.6 Å². The van der Waals surface area contributed by atoms with Crippen molar-refractivity contribution >= 4 is 22.8 Å². The van der Waals surface area contributed by atoms with Crippen LogP contribution in [0.25, 0.3) is 22.5 Å². The molecule has 0 unspecified atom stereocenters. The molecule has 0 aliphatic rings. The van der Waals surface area contributed by atoms with Crippen molar-refractivity contribution in [1.82, 2.24) is 29.5 Å².